The van der Waals surface area contributed by atoms with Gasteiger partial charge in [0.25, 0.3) is 0 Å². The standard InChI is InChI=1S/C19H25N3O3S/c1-3-12-25-19(24)17-14-6-4-5-7-15(14)26-18(17)20-16(23)9-11-22-10-8-13(2)21-22/h8,10H,3-7,9,11-12H2,1-2H3,(H,20,23). The van der Waals surface area contributed by atoms with Crippen LogP contribution in [0.25, 0.3) is 0 Å². The quantitative estimate of drug-likeness (QED) is 0.749. The number of hydrogen-bond donors (Lipinski definition) is 1. The van der Waals surface area contributed by atoms with Crippen LogP contribution in [0.3, 0.4) is 0 Å². The lowest BCUT2D eigenvalue weighted by molar-refractivity contribution is -0.116. The molecule has 0 spiro atoms. The van der Waals surface area contributed by atoms with Gasteiger partial charge in [-0.2, -0.15) is 5.10 Å². The summed E-state index contributed by atoms with van der Waals surface area (Å²) in [5.74, 6) is -0.425. The first-order valence-electron chi connectivity index (χ1n) is 9.20. The van der Waals surface area contributed by atoms with Crippen molar-refractivity contribution >= 4 is 28.2 Å². The maximum Gasteiger partial charge on any atom is 0.341 e. The third-order valence-electron chi connectivity index (χ3n) is 4.41. The van der Waals surface area contributed by atoms with E-state index in [4.69, 9.17) is 4.74 Å². The lowest BCUT2D eigenvalue weighted by Crippen LogP contribution is -2.17. The molecule has 140 valence electrons. The Hall–Kier alpha value is -2.15. The van der Waals surface area contributed by atoms with Crippen LogP contribution in [0.2, 0.25) is 0 Å². The number of fused-ring (bicyclic) bond motifs is 1. The number of nitrogens with one attached hydrogen (secondary N) is 1. The number of aromatic nitrogens is 2. The number of hydrogen-bond acceptors (Lipinski definition) is 5. The lowest BCUT2D eigenvalue weighted by atomic mass is 9.95. The first-order valence-corrected chi connectivity index (χ1v) is 10.0. The highest BCUT2D eigenvalue weighted by molar-refractivity contribution is 7.17. The molecule has 0 aromatic carbocycles. The topological polar surface area (TPSA) is 73.2 Å². The molecule has 0 radical (unpaired) electrons. The minimum absolute atomic E-state index is 0.110. The fraction of sp³-hybridized carbons (Fsp3) is 0.526. The van der Waals surface area contributed by atoms with E-state index in [2.05, 4.69) is 10.4 Å². The molecule has 0 saturated carbocycles. The molecular weight excluding hydrogens is 350 g/mol. The summed E-state index contributed by atoms with van der Waals surface area (Å²) in [6.45, 7) is 4.80. The summed E-state index contributed by atoms with van der Waals surface area (Å²) < 4.78 is 7.11. The van der Waals surface area contributed by atoms with Gasteiger partial charge in [-0.05, 0) is 50.7 Å². The molecule has 2 aromatic heterocycles. The molecule has 0 saturated heterocycles. The molecule has 2 aromatic rings. The summed E-state index contributed by atoms with van der Waals surface area (Å²) in [4.78, 5) is 26.1. The van der Waals surface area contributed by atoms with Crippen molar-refractivity contribution < 1.29 is 14.3 Å². The average molecular weight is 375 g/mol. The Bertz CT molecular complexity index is 794. The number of anilines is 1. The van der Waals surface area contributed by atoms with E-state index < -0.39 is 0 Å². The van der Waals surface area contributed by atoms with Gasteiger partial charge in [0.1, 0.15) is 5.00 Å². The van der Waals surface area contributed by atoms with E-state index in [9.17, 15) is 9.59 Å². The van der Waals surface area contributed by atoms with E-state index in [-0.39, 0.29) is 11.9 Å². The summed E-state index contributed by atoms with van der Waals surface area (Å²) in [5, 5.41) is 7.87. The molecule has 7 heteroatoms. The highest BCUT2D eigenvalue weighted by Crippen LogP contribution is 2.38. The first kappa shape index (κ1) is 18.6. The van der Waals surface area contributed by atoms with Crippen LogP contribution >= 0.6 is 11.3 Å². The Morgan fingerprint density at radius 3 is 2.88 bits per heavy atom. The monoisotopic (exact) mass is 375 g/mol. The fourth-order valence-electron chi connectivity index (χ4n) is 3.13. The van der Waals surface area contributed by atoms with Crippen LogP contribution in [0.15, 0.2) is 12.3 Å². The smallest absolute Gasteiger partial charge is 0.341 e. The summed E-state index contributed by atoms with van der Waals surface area (Å²) in [7, 11) is 0. The van der Waals surface area contributed by atoms with Gasteiger partial charge < -0.3 is 10.1 Å². The molecule has 1 N–H and O–H groups in total. The highest BCUT2D eigenvalue weighted by atomic mass is 32.1. The van der Waals surface area contributed by atoms with Gasteiger partial charge in [0, 0.05) is 24.0 Å². The van der Waals surface area contributed by atoms with Crippen LogP contribution < -0.4 is 5.32 Å². The van der Waals surface area contributed by atoms with Gasteiger partial charge >= 0.3 is 5.97 Å². The molecule has 0 fully saturated rings. The second kappa shape index (κ2) is 8.49. The van der Waals surface area contributed by atoms with Crippen LogP contribution in [0.5, 0.6) is 0 Å². The molecule has 3 rings (SSSR count). The van der Waals surface area contributed by atoms with Gasteiger partial charge in [-0.15, -0.1) is 11.3 Å². The van der Waals surface area contributed by atoms with E-state index in [0.29, 0.717) is 30.1 Å². The zero-order valence-corrected chi connectivity index (χ0v) is 16.2. The van der Waals surface area contributed by atoms with E-state index in [1.54, 1.807) is 4.68 Å². The second-order valence-electron chi connectivity index (χ2n) is 6.57. The third-order valence-corrected chi connectivity index (χ3v) is 5.61. The molecule has 0 atom stereocenters. The Labute approximate surface area is 157 Å². The molecule has 0 aliphatic heterocycles. The summed E-state index contributed by atoms with van der Waals surface area (Å²) in [5.41, 5.74) is 2.57. The number of esters is 1. The van der Waals surface area contributed by atoms with E-state index >= 15 is 0 Å². The Morgan fingerprint density at radius 1 is 1.35 bits per heavy atom. The number of aryl methyl sites for hydroxylation is 3. The van der Waals surface area contributed by atoms with E-state index in [0.717, 1.165) is 43.4 Å². The minimum Gasteiger partial charge on any atom is -0.462 e. The zero-order valence-electron chi connectivity index (χ0n) is 15.3. The van der Waals surface area contributed by atoms with Crippen LogP contribution in [-0.2, 0) is 28.9 Å². The Kier molecular flexibility index (Phi) is 6.08. The Morgan fingerprint density at radius 2 is 2.15 bits per heavy atom. The molecule has 0 unspecified atom stereocenters. The summed E-state index contributed by atoms with van der Waals surface area (Å²) in [6.07, 6.45) is 7.00. The lowest BCUT2D eigenvalue weighted by Gasteiger charge is -2.12. The van der Waals surface area contributed by atoms with Crippen molar-refractivity contribution in [2.75, 3.05) is 11.9 Å². The third kappa shape index (κ3) is 4.33. The van der Waals surface area contributed by atoms with Crippen molar-refractivity contribution in [1.82, 2.24) is 9.78 Å². The molecule has 26 heavy (non-hydrogen) atoms. The minimum atomic E-state index is -0.316. The van der Waals surface area contributed by atoms with E-state index in [1.807, 2.05) is 26.1 Å². The summed E-state index contributed by atoms with van der Waals surface area (Å²) >= 11 is 1.52. The molecule has 1 aliphatic carbocycles. The van der Waals surface area contributed by atoms with Crippen LogP contribution in [0.4, 0.5) is 5.00 Å². The number of nitrogens with zero attached hydrogens (tertiary/aromatic N) is 2. The zero-order chi connectivity index (χ0) is 18.5. The normalized spacial score (nSPS) is 13.3. The van der Waals surface area contributed by atoms with Gasteiger partial charge in [0.05, 0.1) is 17.9 Å². The van der Waals surface area contributed by atoms with Gasteiger partial charge in [0.15, 0.2) is 0 Å². The van der Waals surface area contributed by atoms with Crippen molar-refractivity contribution in [2.24, 2.45) is 0 Å². The van der Waals surface area contributed by atoms with Crippen LogP contribution in [0, 0.1) is 6.92 Å². The maximum absolute atomic E-state index is 12.5. The van der Waals surface area contributed by atoms with Crippen molar-refractivity contribution in [3.63, 3.8) is 0 Å². The predicted octanol–water partition coefficient (Wildman–Crippen LogP) is 3.73. The van der Waals surface area contributed by atoms with Crippen molar-refractivity contribution in [1.29, 1.82) is 0 Å². The SMILES string of the molecule is CCCOC(=O)c1c(NC(=O)CCn2ccc(C)n2)sc2c1CCCC2. The van der Waals surface area contributed by atoms with Crippen LogP contribution in [0.1, 0.15) is 59.1 Å². The molecule has 0 bridgehead atoms. The molecular formula is C19H25N3O3S. The Balaban J connectivity index is 1.72. The number of amides is 1. The van der Waals surface area contributed by atoms with Gasteiger partial charge in [0.2, 0.25) is 5.91 Å². The van der Waals surface area contributed by atoms with Gasteiger partial charge in [-0.3, -0.25) is 9.48 Å². The second-order valence-corrected chi connectivity index (χ2v) is 7.67. The van der Waals surface area contributed by atoms with E-state index in [1.165, 1.54) is 16.2 Å². The highest BCUT2D eigenvalue weighted by Gasteiger charge is 2.27. The molecule has 1 amide bonds. The van der Waals surface area contributed by atoms with Gasteiger partial charge in [-0.25, -0.2) is 4.79 Å². The predicted molar refractivity (Wildman–Crippen MR) is 102 cm³/mol. The fourth-order valence-corrected chi connectivity index (χ4v) is 4.42. The summed E-state index contributed by atoms with van der Waals surface area (Å²) in [6, 6.07) is 1.91. The van der Waals surface area contributed by atoms with Crippen molar-refractivity contribution in [3.8, 4) is 0 Å². The van der Waals surface area contributed by atoms with Gasteiger partial charge in [-0.1, -0.05) is 6.92 Å². The molecule has 1 aliphatic rings. The molecule has 2 heterocycles. The van der Waals surface area contributed by atoms with Crippen molar-refractivity contribution in [2.45, 2.75) is 58.9 Å². The molecule has 6 nitrogen and oxygen atoms in total. The number of carbonyl (C=O) groups excluding carboxylic acids is 2. The first-order chi connectivity index (χ1) is 12.6. The number of thiophene rings is 1. The van der Waals surface area contributed by atoms with Crippen LogP contribution in [-0.4, -0.2) is 28.3 Å². The van der Waals surface area contributed by atoms with Crippen molar-refractivity contribution in [3.05, 3.63) is 34.0 Å². The average Bonchev–Trinajstić information content (AvgIpc) is 3.20. The largest absolute Gasteiger partial charge is 0.462 e. The number of carbonyl (C=O) groups is 2. The number of rotatable bonds is 7. The maximum atomic E-state index is 12.5. The number of ether oxygens (including phenoxy) is 1.